The zero-order chi connectivity index (χ0) is 93.1. The molecule has 6 aromatic heterocycles. The summed E-state index contributed by atoms with van der Waals surface area (Å²) >= 11 is 0. The number of alkyl halides is 3. The van der Waals surface area contributed by atoms with Crippen LogP contribution >= 0.6 is 0 Å². The largest absolute Gasteiger partial charge is 0.416 e. The molecule has 133 heavy (non-hydrogen) atoms. The van der Waals surface area contributed by atoms with Gasteiger partial charge < -0.3 is 59.1 Å². The van der Waals surface area contributed by atoms with E-state index in [2.05, 4.69) is 75.0 Å². The van der Waals surface area contributed by atoms with Crippen molar-refractivity contribution in [2.24, 2.45) is 0 Å². The Kier molecular flexibility index (Phi) is 47.9. The van der Waals surface area contributed by atoms with Gasteiger partial charge in [0.15, 0.2) is 23.3 Å². The molecule has 22 nitrogen and oxygen atoms in total. The number of hydrogen-bond acceptors (Lipinski definition) is 18. The van der Waals surface area contributed by atoms with Crippen molar-refractivity contribution in [1.29, 1.82) is 0 Å². The summed E-state index contributed by atoms with van der Waals surface area (Å²) in [5.41, 5.74) is 6.38. The molecule has 16 aromatic rings. The van der Waals surface area contributed by atoms with Crippen molar-refractivity contribution in [2.45, 2.75) is 136 Å². The fourth-order valence-corrected chi connectivity index (χ4v) is 12.4. The molecule has 0 saturated carbocycles. The van der Waals surface area contributed by atoms with Gasteiger partial charge in [-0.2, -0.15) is 33.6 Å². The first-order chi connectivity index (χ1) is 61.8. The van der Waals surface area contributed by atoms with Crippen LogP contribution in [-0.2, 0) is 86.6 Å². The van der Waals surface area contributed by atoms with Crippen molar-refractivity contribution < 1.29 is 156 Å². The van der Waals surface area contributed by atoms with E-state index in [1.54, 1.807) is 96.6 Å². The molecule has 4 radical (unpaired) electrons. The van der Waals surface area contributed by atoms with E-state index in [9.17, 15) is 35.1 Å². The quantitative estimate of drug-likeness (QED) is 0.0260. The molecule has 0 saturated heterocycles. The first-order valence-corrected chi connectivity index (χ1v) is 40.8. The average Bonchev–Trinajstić information content (AvgIpc) is 1.88. The summed E-state index contributed by atoms with van der Waals surface area (Å²) in [7, 11) is 0. The topological polar surface area (TPSA) is 310 Å². The van der Waals surface area contributed by atoms with Crippen molar-refractivity contribution in [2.75, 3.05) is 0 Å². The molecule has 706 valence electrons. The minimum atomic E-state index is -4.54. The zero-order valence-corrected chi connectivity index (χ0v) is 82.4. The molecule has 0 bridgehead atoms. The van der Waals surface area contributed by atoms with Crippen LogP contribution in [0.15, 0.2) is 292 Å². The normalized spacial score (nSPS) is 12.3. The van der Waals surface area contributed by atoms with Crippen LogP contribution in [0.1, 0.15) is 86.6 Å². The standard InChI is InChI=1S/C21H11F5N3.C20H11F3N3.2C19H13N4.4C5H12O2.4Ir/c22-16-8-4-13(5-9-16)19-27-28-20(14-6-10-17(23)11-7-14)29(19)18-3-1-2-15(12-18)21(24,25)26;21-15-8-4-13(5-9-15)19-24-25-20(14-6-10-16(22)11-7-14)26(19)18-3-1-2-17(23)12-18;1-3-9-15(10-4-1)18-21-22-19(16-11-5-2-6-12-16)23(18)17-13-7-8-14-20-17;1-3-8-15(9-4-1)18-21-22-19(16-10-5-2-6-11-16)23(18)17-12-7-13-20-14-17;4*1-4(6)3-5(2)7;;;;/h1-6,8-12H;1-6,8-12H;1-11,13-14H;1-10,12-14H;4*4-7H,3H2,1-2H3;;;;/q4*-1;;;;;;;;. The SMILES string of the molecule is CC(O)CC(C)O.CC(O)CC(C)O.CC(O)CC(C)O.CC(O)CC(C)O.Fc1c[c-]c(-c2nnc(-c3ccc(F)cc3)n2-c2cccc(C(F)(F)F)c2)cc1.Fc1c[c-]c(-c2nnc(-c3ccc(F)cc3)n2-c2cccc(F)c2)cc1.[Ir].[Ir].[Ir].[Ir].[c-]1ccccc1-c1nnc(-c2ccccc2)n1-c1ccccn1.[c-]1ccccc1-c1nnc(-c2ccccc2)n1-c1cccnc1. The predicted octanol–water partition coefficient (Wildman–Crippen LogP) is 18.7. The number of benzene rings is 10. The van der Waals surface area contributed by atoms with Crippen molar-refractivity contribution in [3.63, 3.8) is 0 Å². The number of aliphatic hydroxyl groups excluding tert-OH is 8. The summed E-state index contributed by atoms with van der Waals surface area (Å²) in [6.07, 6.45) is -0.322. The summed E-state index contributed by atoms with van der Waals surface area (Å²) in [4.78, 5) is 8.69. The second kappa shape index (κ2) is 56.7. The minimum absolute atomic E-state index is 0. The van der Waals surface area contributed by atoms with Gasteiger partial charge in [-0.05, 0) is 190 Å². The molecule has 34 heteroatoms. The molecule has 16 rings (SSSR count). The number of pyridine rings is 2. The maximum Gasteiger partial charge on any atom is 0.416 e. The number of halogens is 8. The van der Waals surface area contributed by atoms with E-state index in [1.165, 1.54) is 95.6 Å². The van der Waals surface area contributed by atoms with Crippen LogP contribution in [0, 0.1) is 53.4 Å². The van der Waals surface area contributed by atoms with Gasteiger partial charge in [-0.3, -0.25) is 13.8 Å². The summed E-state index contributed by atoms with van der Waals surface area (Å²) in [5, 5.41) is 103. The molecule has 0 fully saturated rings. The van der Waals surface area contributed by atoms with Crippen LogP contribution in [0.25, 0.3) is 114 Å². The third-order valence-electron chi connectivity index (χ3n) is 17.9. The van der Waals surface area contributed by atoms with Crippen LogP contribution in [0.5, 0.6) is 0 Å². The fraction of sp³-hybridized carbons (Fsp3) is 0.212. The second-order valence-electron chi connectivity index (χ2n) is 29.5. The van der Waals surface area contributed by atoms with Gasteiger partial charge in [0.25, 0.3) is 0 Å². The van der Waals surface area contributed by atoms with Gasteiger partial charge >= 0.3 is 6.18 Å². The van der Waals surface area contributed by atoms with Crippen LogP contribution in [0.2, 0.25) is 0 Å². The Balaban J connectivity index is 0.000000284. The molecule has 8 unspecified atom stereocenters. The van der Waals surface area contributed by atoms with Gasteiger partial charge in [0, 0.05) is 138 Å². The first kappa shape index (κ1) is 112. The van der Waals surface area contributed by atoms with Gasteiger partial charge in [-0.15, -0.1) is 152 Å². The third-order valence-corrected chi connectivity index (χ3v) is 17.9. The van der Waals surface area contributed by atoms with E-state index in [0.717, 1.165) is 75.3 Å². The van der Waals surface area contributed by atoms with E-state index in [1.807, 2.05) is 155 Å². The molecule has 0 amide bonds. The molecule has 0 aliphatic heterocycles. The monoisotopic (exact) mass is 2530 g/mol. The van der Waals surface area contributed by atoms with Crippen molar-refractivity contribution in [3.05, 3.63) is 350 Å². The molecule has 8 atom stereocenters. The van der Waals surface area contributed by atoms with Gasteiger partial charge in [0.2, 0.25) is 0 Å². The summed E-state index contributed by atoms with van der Waals surface area (Å²) in [6.45, 7) is 13.3. The number of nitrogens with zero attached hydrogens (tertiary/aromatic N) is 14. The van der Waals surface area contributed by atoms with Gasteiger partial charge in [0.1, 0.15) is 23.3 Å². The van der Waals surface area contributed by atoms with Crippen molar-refractivity contribution in [3.8, 4) is 114 Å². The van der Waals surface area contributed by atoms with Crippen molar-refractivity contribution >= 4 is 0 Å². The Bertz CT molecular complexity index is 5490. The second-order valence-corrected chi connectivity index (χ2v) is 29.5. The average molecular weight is 2530 g/mol. The molecule has 0 spiro atoms. The summed E-state index contributed by atoms with van der Waals surface area (Å²) in [6, 6.07) is 86.4. The maximum atomic E-state index is 13.8. The molecule has 10 aromatic carbocycles. The van der Waals surface area contributed by atoms with Crippen molar-refractivity contribution in [1.82, 2.24) is 69.0 Å². The first-order valence-electron chi connectivity index (χ1n) is 40.8. The molecule has 8 N–H and O–H groups in total. The van der Waals surface area contributed by atoms with Crippen LogP contribution < -0.4 is 0 Å². The summed E-state index contributed by atoms with van der Waals surface area (Å²) < 4.78 is 113. The third kappa shape index (κ3) is 35.6. The molecule has 0 aliphatic carbocycles. The number of rotatable bonds is 20. The maximum absolute atomic E-state index is 13.8. The van der Waals surface area contributed by atoms with E-state index < -0.39 is 35.0 Å². The Morgan fingerprint density at radius 1 is 0.286 bits per heavy atom. The Labute approximate surface area is 819 Å². The number of hydrogen-bond donors (Lipinski definition) is 8. The van der Waals surface area contributed by atoms with Gasteiger partial charge in [-0.25, -0.2) is 18.2 Å². The van der Waals surface area contributed by atoms with Gasteiger partial charge in [-0.1, -0.05) is 78.9 Å². The number of aliphatic hydroxyl groups is 8. The fourth-order valence-electron chi connectivity index (χ4n) is 12.4. The Morgan fingerprint density at radius 2 is 0.609 bits per heavy atom. The Hall–Kier alpha value is -11.2. The zero-order valence-electron chi connectivity index (χ0n) is 72.9. The number of aromatic nitrogens is 14. The van der Waals surface area contributed by atoms with E-state index in [0.29, 0.717) is 65.3 Å². The molecule has 6 heterocycles. The smallest absolute Gasteiger partial charge is 0.393 e. The van der Waals surface area contributed by atoms with E-state index in [-0.39, 0.29) is 152 Å². The van der Waals surface area contributed by atoms with Crippen LogP contribution in [0.3, 0.4) is 0 Å². The summed E-state index contributed by atoms with van der Waals surface area (Å²) in [5.74, 6) is 2.74. The minimum Gasteiger partial charge on any atom is -0.393 e. The van der Waals surface area contributed by atoms with Crippen LogP contribution in [0.4, 0.5) is 35.1 Å². The predicted molar refractivity (Wildman–Crippen MR) is 477 cm³/mol. The molecular weight excluding hydrogens is 2430 g/mol. The van der Waals surface area contributed by atoms with Gasteiger partial charge in [0.05, 0.1) is 89.6 Å². The molecular formula is C99H96F8Ir4N14O8-4. The molecule has 0 aliphatic rings. The Morgan fingerprint density at radius 3 is 0.932 bits per heavy atom. The van der Waals surface area contributed by atoms with E-state index >= 15 is 0 Å². The van der Waals surface area contributed by atoms with E-state index in [4.69, 9.17) is 40.9 Å². The van der Waals surface area contributed by atoms with Crippen LogP contribution in [-0.4, -0.2) is 159 Å².